The van der Waals surface area contributed by atoms with Crippen LogP contribution in [0.15, 0.2) is 24.3 Å². The summed E-state index contributed by atoms with van der Waals surface area (Å²) >= 11 is 0. The first-order chi connectivity index (χ1) is 13.2. The Labute approximate surface area is 165 Å². The zero-order valence-corrected chi connectivity index (χ0v) is 17.1. The Kier molecular flexibility index (Phi) is 6.77. The fourth-order valence-electron chi connectivity index (χ4n) is 3.13. The van der Waals surface area contributed by atoms with Gasteiger partial charge in [0.1, 0.15) is 12.6 Å². The van der Waals surface area contributed by atoms with Gasteiger partial charge in [-0.1, -0.05) is 17.7 Å². The van der Waals surface area contributed by atoms with Crippen LogP contribution in [-0.2, 0) is 14.4 Å². The topological polar surface area (TPSA) is 81.2 Å². The number of carbonyl (C=O) groups is 4. The van der Waals surface area contributed by atoms with Gasteiger partial charge in [-0.05, 0) is 39.8 Å². The molecule has 1 saturated heterocycles. The summed E-state index contributed by atoms with van der Waals surface area (Å²) in [5.41, 5.74) is 1.65. The Morgan fingerprint density at radius 2 is 1.61 bits per heavy atom. The van der Waals surface area contributed by atoms with Gasteiger partial charge in [-0.3, -0.25) is 24.2 Å². The molecule has 0 bridgehead atoms. The van der Waals surface area contributed by atoms with E-state index in [1.54, 1.807) is 24.0 Å². The van der Waals surface area contributed by atoms with Gasteiger partial charge in [0.05, 0.1) is 6.54 Å². The minimum atomic E-state index is -0.689. The van der Waals surface area contributed by atoms with Gasteiger partial charge in [0.2, 0.25) is 11.8 Å². The number of benzene rings is 1. The lowest BCUT2D eigenvalue weighted by Gasteiger charge is -2.24. The first kappa shape index (κ1) is 21.4. The van der Waals surface area contributed by atoms with Crippen LogP contribution in [0.4, 0.5) is 10.5 Å². The quantitative estimate of drug-likeness (QED) is 0.663. The standard InChI is InChI=1S/C20H28N4O4/c1-6-22(7-2)18(26)12-21(5)17(25)13-23-19(27)15(4)24(20(23)28)16-10-8-14(3)9-11-16/h8-11,15H,6-7,12-13H2,1-5H3/t15-/m1/s1. The van der Waals surface area contributed by atoms with E-state index in [0.29, 0.717) is 18.8 Å². The average molecular weight is 388 g/mol. The molecule has 1 heterocycles. The van der Waals surface area contributed by atoms with Crippen LogP contribution in [-0.4, -0.2) is 77.7 Å². The van der Waals surface area contributed by atoms with Crippen LogP contribution in [0.1, 0.15) is 26.3 Å². The number of likely N-dealkylation sites (N-methyl/N-ethyl adjacent to an activating group) is 2. The number of imide groups is 1. The van der Waals surface area contributed by atoms with E-state index in [2.05, 4.69) is 0 Å². The third-order valence-corrected chi connectivity index (χ3v) is 4.97. The number of aryl methyl sites for hydroxylation is 1. The molecule has 152 valence electrons. The summed E-state index contributed by atoms with van der Waals surface area (Å²) in [5.74, 6) is -1.06. The number of urea groups is 1. The highest BCUT2D eigenvalue weighted by molar-refractivity contribution is 6.15. The van der Waals surface area contributed by atoms with E-state index in [1.165, 1.54) is 16.8 Å². The second kappa shape index (κ2) is 8.86. The zero-order chi connectivity index (χ0) is 21.0. The molecule has 28 heavy (non-hydrogen) atoms. The summed E-state index contributed by atoms with van der Waals surface area (Å²) in [7, 11) is 1.50. The Hall–Kier alpha value is -2.90. The summed E-state index contributed by atoms with van der Waals surface area (Å²) in [6.45, 7) is 7.95. The van der Waals surface area contributed by atoms with Crippen molar-refractivity contribution >= 4 is 29.4 Å². The van der Waals surface area contributed by atoms with E-state index in [0.717, 1.165) is 10.5 Å². The van der Waals surface area contributed by atoms with Crippen LogP contribution in [0.5, 0.6) is 0 Å². The van der Waals surface area contributed by atoms with Gasteiger partial charge >= 0.3 is 6.03 Å². The molecule has 1 atom stereocenters. The molecule has 0 N–H and O–H groups in total. The normalized spacial score (nSPS) is 16.5. The van der Waals surface area contributed by atoms with Gasteiger partial charge in [0.25, 0.3) is 5.91 Å². The molecule has 1 aromatic rings. The van der Waals surface area contributed by atoms with Gasteiger partial charge in [-0.15, -0.1) is 0 Å². The van der Waals surface area contributed by atoms with E-state index in [4.69, 9.17) is 0 Å². The summed E-state index contributed by atoms with van der Waals surface area (Å²) in [5, 5.41) is 0. The van der Waals surface area contributed by atoms with Crippen molar-refractivity contribution in [3.05, 3.63) is 29.8 Å². The maximum atomic E-state index is 12.8. The van der Waals surface area contributed by atoms with Crippen LogP contribution in [0, 0.1) is 6.92 Å². The molecule has 0 aliphatic carbocycles. The van der Waals surface area contributed by atoms with Gasteiger partial charge in [0, 0.05) is 25.8 Å². The van der Waals surface area contributed by atoms with Crippen molar-refractivity contribution in [2.75, 3.05) is 38.1 Å². The van der Waals surface area contributed by atoms with Crippen LogP contribution in [0.3, 0.4) is 0 Å². The molecule has 5 amide bonds. The SMILES string of the molecule is CCN(CC)C(=O)CN(C)C(=O)CN1C(=O)[C@@H](C)N(c2ccc(C)cc2)C1=O. The Morgan fingerprint density at radius 3 is 2.14 bits per heavy atom. The molecular weight excluding hydrogens is 360 g/mol. The molecule has 8 nitrogen and oxygen atoms in total. The van der Waals surface area contributed by atoms with Gasteiger partial charge < -0.3 is 9.80 Å². The van der Waals surface area contributed by atoms with Crippen molar-refractivity contribution in [2.45, 2.75) is 33.7 Å². The van der Waals surface area contributed by atoms with Gasteiger partial charge in [0.15, 0.2) is 0 Å². The molecule has 1 aliphatic rings. The van der Waals surface area contributed by atoms with Crippen LogP contribution in [0.2, 0.25) is 0 Å². The molecule has 8 heteroatoms. The maximum absolute atomic E-state index is 12.8. The van der Waals surface area contributed by atoms with Crippen LogP contribution in [0.25, 0.3) is 0 Å². The highest BCUT2D eigenvalue weighted by atomic mass is 16.2. The van der Waals surface area contributed by atoms with Crippen molar-refractivity contribution in [3.8, 4) is 0 Å². The molecule has 2 rings (SSSR count). The van der Waals surface area contributed by atoms with Crippen LogP contribution >= 0.6 is 0 Å². The molecule has 0 radical (unpaired) electrons. The summed E-state index contributed by atoms with van der Waals surface area (Å²) in [4.78, 5) is 55.2. The van der Waals surface area contributed by atoms with Crippen molar-refractivity contribution in [3.63, 3.8) is 0 Å². The predicted octanol–water partition coefficient (Wildman–Crippen LogP) is 1.48. The van der Waals surface area contributed by atoms with Crippen LogP contribution < -0.4 is 4.90 Å². The third kappa shape index (κ3) is 4.32. The van der Waals surface area contributed by atoms with Gasteiger partial charge in [-0.2, -0.15) is 0 Å². The molecule has 0 unspecified atom stereocenters. The van der Waals surface area contributed by atoms with E-state index >= 15 is 0 Å². The molecule has 1 aliphatic heterocycles. The van der Waals surface area contributed by atoms with Crippen molar-refractivity contribution in [1.29, 1.82) is 0 Å². The lowest BCUT2D eigenvalue weighted by atomic mass is 10.2. The molecule has 0 spiro atoms. The third-order valence-electron chi connectivity index (χ3n) is 4.97. The van der Waals surface area contributed by atoms with E-state index < -0.39 is 23.9 Å². The Morgan fingerprint density at radius 1 is 1.04 bits per heavy atom. The number of amides is 5. The van der Waals surface area contributed by atoms with Gasteiger partial charge in [-0.25, -0.2) is 4.79 Å². The smallest absolute Gasteiger partial charge is 0.332 e. The minimum absolute atomic E-state index is 0.0893. The van der Waals surface area contributed by atoms with E-state index in [1.807, 2.05) is 32.9 Å². The Balaban J connectivity index is 2.07. The van der Waals surface area contributed by atoms with Crippen molar-refractivity contribution < 1.29 is 19.2 Å². The molecule has 1 aromatic carbocycles. The second-order valence-corrected chi connectivity index (χ2v) is 6.90. The van der Waals surface area contributed by atoms with Crippen molar-refractivity contribution in [1.82, 2.24) is 14.7 Å². The molecular formula is C20H28N4O4. The largest absolute Gasteiger partial charge is 0.342 e. The summed E-state index contributed by atoms with van der Waals surface area (Å²) in [6, 6.07) is 6.05. The summed E-state index contributed by atoms with van der Waals surface area (Å²) < 4.78 is 0. The maximum Gasteiger partial charge on any atom is 0.332 e. The van der Waals surface area contributed by atoms with E-state index in [-0.39, 0.29) is 19.0 Å². The number of hydrogen-bond acceptors (Lipinski definition) is 4. The number of rotatable bonds is 7. The average Bonchev–Trinajstić information content (AvgIpc) is 2.87. The summed E-state index contributed by atoms with van der Waals surface area (Å²) in [6.07, 6.45) is 0. The van der Waals surface area contributed by atoms with Crippen molar-refractivity contribution in [2.24, 2.45) is 0 Å². The lowest BCUT2D eigenvalue weighted by molar-refractivity contribution is -0.141. The fourth-order valence-corrected chi connectivity index (χ4v) is 3.13. The second-order valence-electron chi connectivity index (χ2n) is 6.90. The predicted molar refractivity (Wildman–Crippen MR) is 106 cm³/mol. The number of hydrogen-bond donors (Lipinski definition) is 0. The highest BCUT2D eigenvalue weighted by Gasteiger charge is 2.44. The fraction of sp³-hybridized carbons (Fsp3) is 0.500. The number of anilines is 1. The molecule has 0 saturated carbocycles. The first-order valence-electron chi connectivity index (χ1n) is 9.44. The molecule has 0 aromatic heterocycles. The highest BCUT2D eigenvalue weighted by Crippen LogP contribution is 2.26. The zero-order valence-electron chi connectivity index (χ0n) is 17.1. The number of carbonyl (C=O) groups excluding carboxylic acids is 4. The Bertz CT molecular complexity index is 758. The number of nitrogens with zero attached hydrogens (tertiary/aromatic N) is 4. The first-order valence-corrected chi connectivity index (χ1v) is 9.44. The molecule has 1 fully saturated rings. The monoisotopic (exact) mass is 388 g/mol. The lowest BCUT2D eigenvalue weighted by Crippen LogP contribution is -2.46. The van der Waals surface area contributed by atoms with E-state index in [9.17, 15) is 19.2 Å². The minimum Gasteiger partial charge on any atom is -0.342 e.